The Kier molecular flexibility index (Phi) is 5.53. The first kappa shape index (κ1) is 18.2. The maximum Gasteiger partial charge on any atom is 0.322 e. The second-order valence-corrected chi connectivity index (χ2v) is 7.96. The summed E-state index contributed by atoms with van der Waals surface area (Å²) in [5.74, 6) is 1.52. The quantitative estimate of drug-likeness (QED) is 0.691. The highest BCUT2D eigenvalue weighted by molar-refractivity contribution is 9.10. The van der Waals surface area contributed by atoms with Gasteiger partial charge in [0.1, 0.15) is 0 Å². The Morgan fingerprint density at radius 3 is 2.70 bits per heavy atom. The Morgan fingerprint density at radius 1 is 1.07 bits per heavy atom. The molecule has 5 nitrogen and oxygen atoms in total. The number of hydrogen-bond acceptors (Lipinski definition) is 3. The largest absolute Gasteiger partial charge is 0.454 e. The monoisotopic (exact) mass is 430 g/mol. The highest BCUT2D eigenvalue weighted by atomic mass is 79.9. The molecule has 1 aliphatic heterocycles. The third kappa shape index (κ3) is 4.38. The van der Waals surface area contributed by atoms with Gasteiger partial charge in [0.2, 0.25) is 6.79 Å². The standard InChI is InChI=1S/C21H23BrN2O3/c22-16-5-4-6-17(12-16)23-21(25)24(18-7-2-1-3-8-18)13-15-9-10-19-20(11-15)27-14-26-19/h4-6,9-12,18H,1-3,7-8,13-14H2,(H,23,25). The molecule has 0 unspecified atom stereocenters. The molecular weight excluding hydrogens is 408 g/mol. The van der Waals surface area contributed by atoms with Crippen LogP contribution in [0.2, 0.25) is 0 Å². The molecule has 0 atom stereocenters. The molecule has 0 saturated heterocycles. The van der Waals surface area contributed by atoms with E-state index >= 15 is 0 Å². The number of nitrogens with zero attached hydrogens (tertiary/aromatic N) is 1. The van der Waals surface area contributed by atoms with Crippen molar-refractivity contribution in [1.82, 2.24) is 4.90 Å². The molecule has 142 valence electrons. The smallest absolute Gasteiger partial charge is 0.322 e. The van der Waals surface area contributed by atoms with Crippen LogP contribution in [0.3, 0.4) is 0 Å². The first-order valence-electron chi connectivity index (χ1n) is 9.41. The van der Waals surface area contributed by atoms with Crippen molar-refractivity contribution in [3.05, 3.63) is 52.5 Å². The molecule has 1 aliphatic carbocycles. The van der Waals surface area contributed by atoms with E-state index in [0.717, 1.165) is 40.1 Å². The van der Waals surface area contributed by atoms with Crippen molar-refractivity contribution in [3.8, 4) is 11.5 Å². The van der Waals surface area contributed by atoms with Crippen molar-refractivity contribution >= 4 is 27.6 Å². The molecule has 0 bridgehead atoms. The van der Waals surface area contributed by atoms with Crippen molar-refractivity contribution in [2.75, 3.05) is 12.1 Å². The van der Waals surface area contributed by atoms with E-state index in [0.29, 0.717) is 6.54 Å². The molecule has 27 heavy (non-hydrogen) atoms. The fourth-order valence-corrected chi connectivity index (χ4v) is 4.16. The minimum atomic E-state index is -0.0577. The number of benzene rings is 2. The molecule has 1 heterocycles. The van der Waals surface area contributed by atoms with Gasteiger partial charge in [-0.1, -0.05) is 47.3 Å². The van der Waals surface area contributed by atoms with E-state index in [1.54, 1.807) is 0 Å². The summed E-state index contributed by atoms with van der Waals surface area (Å²) in [6, 6.07) is 13.8. The molecule has 0 aromatic heterocycles. The zero-order valence-corrected chi connectivity index (χ0v) is 16.7. The molecule has 2 aromatic rings. The van der Waals surface area contributed by atoms with Crippen LogP contribution in [0.25, 0.3) is 0 Å². The number of hydrogen-bond donors (Lipinski definition) is 1. The summed E-state index contributed by atoms with van der Waals surface area (Å²) in [5, 5.41) is 3.05. The van der Waals surface area contributed by atoms with Gasteiger partial charge in [-0.25, -0.2) is 4.79 Å². The van der Waals surface area contributed by atoms with Crippen LogP contribution in [-0.4, -0.2) is 23.8 Å². The maximum absolute atomic E-state index is 13.1. The number of carbonyl (C=O) groups excluding carboxylic acids is 1. The van der Waals surface area contributed by atoms with Gasteiger partial charge < -0.3 is 19.7 Å². The van der Waals surface area contributed by atoms with Crippen molar-refractivity contribution in [1.29, 1.82) is 0 Å². The number of nitrogens with one attached hydrogen (secondary N) is 1. The summed E-state index contributed by atoms with van der Waals surface area (Å²) >= 11 is 3.46. The molecule has 2 aromatic carbocycles. The number of anilines is 1. The van der Waals surface area contributed by atoms with Crippen LogP contribution < -0.4 is 14.8 Å². The van der Waals surface area contributed by atoms with E-state index in [1.165, 1.54) is 19.3 Å². The lowest BCUT2D eigenvalue weighted by Gasteiger charge is -2.34. The Morgan fingerprint density at radius 2 is 1.89 bits per heavy atom. The number of rotatable bonds is 4. The highest BCUT2D eigenvalue weighted by Gasteiger charge is 2.26. The summed E-state index contributed by atoms with van der Waals surface area (Å²) in [4.78, 5) is 15.1. The van der Waals surface area contributed by atoms with Crippen LogP contribution in [0.1, 0.15) is 37.7 Å². The van der Waals surface area contributed by atoms with Gasteiger partial charge in [-0.15, -0.1) is 0 Å². The molecule has 2 aliphatic rings. The minimum Gasteiger partial charge on any atom is -0.454 e. The van der Waals surface area contributed by atoms with Crippen LogP contribution in [0.4, 0.5) is 10.5 Å². The average Bonchev–Trinajstić information content (AvgIpc) is 3.14. The molecule has 1 saturated carbocycles. The Hall–Kier alpha value is -2.21. The molecule has 2 amide bonds. The van der Waals surface area contributed by atoms with E-state index in [4.69, 9.17) is 9.47 Å². The van der Waals surface area contributed by atoms with Gasteiger partial charge in [-0.05, 0) is 48.7 Å². The van der Waals surface area contributed by atoms with Gasteiger partial charge in [0.25, 0.3) is 0 Å². The second kappa shape index (κ2) is 8.21. The number of fused-ring (bicyclic) bond motifs is 1. The van der Waals surface area contributed by atoms with E-state index in [2.05, 4.69) is 21.2 Å². The van der Waals surface area contributed by atoms with Crippen molar-refractivity contribution in [2.45, 2.75) is 44.7 Å². The summed E-state index contributed by atoms with van der Waals surface area (Å²) < 4.78 is 11.8. The van der Waals surface area contributed by atoms with Crippen LogP contribution in [0.15, 0.2) is 46.9 Å². The van der Waals surface area contributed by atoms with Crippen molar-refractivity contribution in [3.63, 3.8) is 0 Å². The lowest BCUT2D eigenvalue weighted by Crippen LogP contribution is -2.43. The predicted octanol–water partition coefficient (Wildman–Crippen LogP) is 5.54. The Balaban J connectivity index is 1.53. The fourth-order valence-electron chi connectivity index (χ4n) is 3.76. The summed E-state index contributed by atoms with van der Waals surface area (Å²) in [6.45, 7) is 0.815. The molecule has 1 fully saturated rings. The number of carbonyl (C=O) groups is 1. The maximum atomic E-state index is 13.1. The number of amides is 2. The van der Waals surface area contributed by atoms with Crippen LogP contribution in [0, 0.1) is 0 Å². The van der Waals surface area contributed by atoms with Crippen LogP contribution in [-0.2, 0) is 6.54 Å². The number of ether oxygens (including phenoxy) is 2. The molecule has 0 spiro atoms. The topological polar surface area (TPSA) is 50.8 Å². The van der Waals surface area contributed by atoms with Gasteiger partial charge >= 0.3 is 6.03 Å². The molecule has 4 rings (SSSR count). The average molecular weight is 431 g/mol. The molecular formula is C21H23BrN2O3. The van der Waals surface area contributed by atoms with Crippen molar-refractivity contribution < 1.29 is 14.3 Å². The minimum absolute atomic E-state index is 0.0577. The van der Waals surface area contributed by atoms with Crippen LogP contribution >= 0.6 is 15.9 Å². The van der Waals surface area contributed by atoms with Gasteiger partial charge in [0.05, 0.1) is 0 Å². The predicted molar refractivity (Wildman–Crippen MR) is 108 cm³/mol. The summed E-state index contributed by atoms with van der Waals surface area (Å²) in [6.07, 6.45) is 5.70. The van der Waals surface area contributed by atoms with Crippen molar-refractivity contribution in [2.24, 2.45) is 0 Å². The lowest BCUT2D eigenvalue weighted by molar-refractivity contribution is 0.162. The van der Waals surface area contributed by atoms with Gasteiger partial charge in [-0.2, -0.15) is 0 Å². The number of halogens is 1. The summed E-state index contributed by atoms with van der Waals surface area (Å²) in [5.41, 5.74) is 1.84. The molecule has 6 heteroatoms. The summed E-state index contributed by atoms with van der Waals surface area (Å²) in [7, 11) is 0. The Bertz CT molecular complexity index is 821. The van der Waals surface area contributed by atoms with E-state index in [9.17, 15) is 4.79 Å². The zero-order chi connectivity index (χ0) is 18.6. The van der Waals surface area contributed by atoms with Gasteiger partial charge in [0, 0.05) is 22.7 Å². The first-order valence-corrected chi connectivity index (χ1v) is 10.2. The normalized spacial score (nSPS) is 16.2. The van der Waals surface area contributed by atoms with E-state index < -0.39 is 0 Å². The van der Waals surface area contributed by atoms with Gasteiger partial charge in [0.15, 0.2) is 11.5 Å². The molecule has 0 radical (unpaired) electrons. The third-order valence-electron chi connectivity index (χ3n) is 5.14. The Labute approximate surface area is 167 Å². The van der Waals surface area contributed by atoms with E-state index in [1.807, 2.05) is 47.4 Å². The third-order valence-corrected chi connectivity index (χ3v) is 5.64. The fraction of sp³-hybridized carbons (Fsp3) is 0.381. The van der Waals surface area contributed by atoms with Crippen LogP contribution in [0.5, 0.6) is 11.5 Å². The lowest BCUT2D eigenvalue weighted by atomic mass is 9.94. The van der Waals surface area contributed by atoms with Gasteiger partial charge in [-0.3, -0.25) is 0 Å². The number of urea groups is 1. The highest BCUT2D eigenvalue weighted by Crippen LogP contribution is 2.33. The zero-order valence-electron chi connectivity index (χ0n) is 15.1. The van der Waals surface area contributed by atoms with E-state index in [-0.39, 0.29) is 18.9 Å². The molecule has 1 N–H and O–H groups in total. The second-order valence-electron chi connectivity index (χ2n) is 7.05. The first-order chi connectivity index (χ1) is 13.2. The SMILES string of the molecule is O=C(Nc1cccc(Br)c1)N(Cc1ccc2c(c1)OCO2)C1CCCCC1.